The van der Waals surface area contributed by atoms with Crippen LogP contribution in [0.5, 0.6) is 0 Å². The molecule has 2 aliphatic rings. The SMILES string of the molecule is O=C(O)c1cn(C2CCCN(CCN3CCOCC3)C2)c2ncc(Br)cc2c1=O. The third-order valence-corrected chi connectivity index (χ3v) is 6.21. The van der Waals surface area contributed by atoms with Gasteiger partial charge in [0.15, 0.2) is 0 Å². The molecule has 1 unspecified atom stereocenters. The number of likely N-dealkylation sites (tertiary alicyclic amines) is 1. The largest absolute Gasteiger partial charge is 0.477 e. The summed E-state index contributed by atoms with van der Waals surface area (Å²) in [5.41, 5.74) is -0.149. The van der Waals surface area contributed by atoms with Crippen LogP contribution in [0.25, 0.3) is 11.0 Å². The molecule has 2 aliphatic heterocycles. The second kappa shape index (κ2) is 8.91. The minimum atomic E-state index is -1.20. The molecule has 9 heteroatoms. The highest BCUT2D eigenvalue weighted by molar-refractivity contribution is 9.10. The molecule has 2 fully saturated rings. The number of morpholine rings is 1. The average Bonchev–Trinajstić information content (AvgIpc) is 2.73. The number of rotatable bonds is 5. The lowest BCUT2D eigenvalue weighted by Crippen LogP contribution is -2.44. The number of pyridine rings is 2. The summed E-state index contributed by atoms with van der Waals surface area (Å²) in [5, 5.41) is 9.86. The average molecular weight is 465 g/mol. The molecule has 4 heterocycles. The number of nitrogens with zero attached hydrogens (tertiary/aromatic N) is 4. The van der Waals surface area contributed by atoms with Crippen LogP contribution in [0.15, 0.2) is 27.7 Å². The molecule has 0 spiro atoms. The first-order valence-electron chi connectivity index (χ1n) is 9.99. The van der Waals surface area contributed by atoms with E-state index in [4.69, 9.17) is 4.74 Å². The van der Waals surface area contributed by atoms with E-state index in [1.807, 2.05) is 4.57 Å². The quantitative estimate of drug-likeness (QED) is 0.721. The van der Waals surface area contributed by atoms with Crippen LogP contribution < -0.4 is 5.43 Å². The number of fused-ring (bicyclic) bond motifs is 1. The van der Waals surface area contributed by atoms with Crippen LogP contribution in [0.2, 0.25) is 0 Å². The van der Waals surface area contributed by atoms with Gasteiger partial charge in [0.05, 0.1) is 18.6 Å². The van der Waals surface area contributed by atoms with E-state index in [0.29, 0.717) is 15.5 Å². The van der Waals surface area contributed by atoms with Crippen LogP contribution in [0.1, 0.15) is 29.2 Å². The predicted octanol–water partition coefficient (Wildman–Crippen LogP) is 1.83. The number of ether oxygens (including phenoxy) is 1. The number of halogens is 1. The van der Waals surface area contributed by atoms with Crippen LogP contribution in [-0.4, -0.2) is 82.9 Å². The van der Waals surface area contributed by atoms with Gasteiger partial charge in [-0.2, -0.15) is 0 Å². The van der Waals surface area contributed by atoms with Gasteiger partial charge in [-0.3, -0.25) is 9.69 Å². The fourth-order valence-electron chi connectivity index (χ4n) is 4.21. The molecule has 0 amide bonds. The summed E-state index contributed by atoms with van der Waals surface area (Å²) in [6.07, 6.45) is 5.09. The van der Waals surface area contributed by atoms with Gasteiger partial charge >= 0.3 is 5.97 Å². The first-order chi connectivity index (χ1) is 14.0. The van der Waals surface area contributed by atoms with Gasteiger partial charge in [-0.15, -0.1) is 0 Å². The molecule has 0 bridgehead atoms. The van der Waals surface area contributed by atoms with Gasteiger partial charge in [-0.05, 0) is 41.4 Å². The molecule has 1 atom stereocenters. The highest BCUT2D eigenvalue weighted by Crippen LogP contribution is 2.25. The Morgan fingerprint density at radius 1 is 1.24 bits per heavy atom. The standard InChI is InChI=1S/C20H25BrN4O4/c21-14-10-16-18(26)17(20(27)28)13-25(19(16)22-11-14)15-2-1-3-24(12-15)5-4-23-6-8-29-9-7-23/h10-11,13,15H,1-9,12H2,(H,27,28). The van der Waals surface area contributed by atoms with Gasteiger partial charge in [-0.1, -0.05) is 0 Å². The predicted molar refractivity (Wildman–Crippen MR) is 113 cm³/mol. The van der Waals surface area contributed by atoms with E-state index in [1.165, 1.54) is 6.20 Å². The molecule has 156 valence electrons. The van der Waals surface area contributed by atoms with Crippen LogP contribution in [-0.2, 0) is 4.74 Å². The minimum Gasteiger partial charge on any atom is -0.477 e. The topological polar surface area (TPSA) is 87.9 Å². The number of carbonyl (C=O) groups is 1. The second-order valence-electron chi connectivity index (χ2n) is 7.66. The molecule has 4 rings (SSSR count). The Morgan fingerprint density at radius 2 is 2.00 bits per heavy atom. The van der Waals surface area contributed by atoms with E-state index in [9.17, 15) is 14.7 Å². The number of aromatic nitrogens is 2. The summed E-state index contributed by atoms with van der Waals surface area (Å²) in [6, 6.07) is 1.75. The molecule has 2 aromatic heterocycles. The molecule has 2 saturated heterocycles. The zero-order valence-electron chi connectivity index (χ0n) is 16.2. The lowest BCUT2D eigenvalue weighted by molar-refractivity contribution is 0.0311. The monoisotopic (exact) mass is 464 g/mol. The summed E-state index contributed by atoms with van der Waals surface area (Å²) < 4.78 is 7.97. The van der Waals surface area contributed by atoms with Crippen LogP contribution in [0.4, 0.5) is 0 Å². The van der Waals surface area contributed by atoms with E-state index in [2.05, 4.69) is 30.7 Å². The number of hydrogen-bond acceptors (Lipinski definition) is 6. The Labute approximate surface area is 177 Å². The lowest BCUT2D eigenvalue weighted by atomic mass is 10.0. The Hall–Kier alpha value is -1.81. The van der Waals surface area contributed by atoms with Gasteiger partial charge < -0.3 is 19.3 Å². The van der Waals surface area contributed by atoms with Crippen molar-refractivity contribution in [3.8, 4) is 0 Å². The van der Waals surface area contributed by atoms with Crippen LogP contribution >= 0.6 is 15.9 Å². The highest BCUT2D eigenvalue weighted by Gasteiger charge is 2.25. The highest BCUT2D eigenvalue weighted by atomic mass is 79.9. The zero-order valence-corrected chi connectivity index (χ0v) is 17.8. The van der Waals surface area contributed by atoms with Gasteiger partial charge in [0.25, 0.3) is 0 Å². The van der Waals surface area contributed by atoms with Crippen molar-refractivity contribution >= 4 is 32.9 Å². The van der Waals surface area contributed by atoms with E-state index < -0.39 is 11.4 Å². The fourth-order valence-corrected chi connectivity index (χ4v) is 4.54. The van der Waals surface area contributed by atoms with Crippen LogP contribution in [0, 0.1) is 0 Å². The van der Waals surface area contributed by atoms with Gasteiger partial charge in [-0.25, -0.2) is 9.78 Å². The number of aromatic carboxylic acids is 1. The van der Waals surface area contributed by atoms with Crippen molar-refractivity contribution in [1.29, 1.82) is 0 Å². The minimum absolute atomic E-state index is 0.0864. The van der Waals surface area contributed by atoms with Crippen LogP contribution in [0.3, 0.4) is 0 Å². The molecule has 0 radical (unpaired) electrons. The molecule has 2 aromatic rings. The molecular weight excluding hydrogens is 440 g/mol. The molecule has 0 aliphatic carbocycles. The second-order valence-corrected chi connectivity index (χ2v) is 8.58. The molecule has 0 aromatic carbocycles. The van der Waals surface area contributed by atoms with Crippen molar-refractivity contribution in [3.05, 3.63) is 38.7 Å². The van der Waals surface area contributed by atoms with E-state index in [1.54, 1.807) is 12.3 Å². The lowest BCUT2D eigenvalue weighted by Gasteiger charge is -2.36. The summed E-state index contributed by atoms with van der Waals surface area (Å²) in [6.45, 7) is 7.37. The Balaban J connectivity index is 1.59. The van der Waals surface area contributed by atoms with Crippen molar-refractivity contribution < 1.29 is 14.6 Å². The Morgan fingerprint density at radius 3 is 2.76 bits per heavy atom. The third-order valence-electron chi connectivity index (χ3n) is 5.78. The Bertz CT molecular complexity index is 957. The fraction of sp³-hybridized carbons (Fsp3) is 0.550. The number of carboxylic acids is 1. The molecular formula is C20H25BrN4O4. The molecule has 29 heavy (non-hydrogen) atoms. The summed E-state index contributed by atoms with van der Waals surface area (Å²) in [7, 11) is 0. The third kappa shape index (κ3) is 4.53. The van der Waals surface area contributed by atoms with Crippen molar-refractivity contribution in [1.82, 2.24) is 19.4 Å². The number of hydrogen-bond donors (Lipinski definition) is 1. The number of piperidine rings is 1. The molecule has 1 N–H and O–H groups in total. The molecule has 8 nitrogen and oxygen atoms in total. The van der Waals surface area contributed by atoms with Gasteiger partial charge in [0.2, 0.25) is 5.43 Å². The first kappa shape index (κ1) is 20.5. The summed E-state index contributed by atoms with van der Waals surface area (Å²) in [4.78, 5) is 33.6. The maximum atomic E-state index is 12.6. The van der Waals surface area contributed by atoms with Gasteiger partial charge in [0.1, 0.15) is 11.2 Å². The summed E-state index contributed by atoms with van der Waals surface area (Å²) in [5.74, 6) is -1.20. The van der Waals surface area contributed by atoms with E-state index in [0.717, 1.165) is 65.3 Å². The zero-order chi connectivity index (χ0) is 20.4. The maximum Gasteiger partial charge on any atom is 0.341 e. The van der Waals surface area contributed by atoms with E-state index in [-0.39, 0.29) is 11.6 Å². The number of carboxylic acid groups (broad SMARTS) is 1. The molecule has 0 saturated carbocycles. The smallest absolute Gasteiger partial charge is 0.341 e. The Kier molecular flexibility index (Phi) is 6.29. The van der Waals surface area contributed by atoms with Crippen molar-refractivity contribution in [3.63, 3.8) is 0 Å². The van der Waals surface area contributed by atoms with Crippen molar-refractivity contribution in [2.45, 2.75) is 18.9 Å². The first-order valence-corrected chi connectivity index (χ1v) is 10.8. The maximum absolute atomic E-state index is 12.6. The summed E-state index contributed by atoms with van der Waals surface area (Å²) >= 11 is 3.34. The van der Waals surface area contributed by atoms with E-state index >= 15 is 0 Å². The van der Waals surface area contributed by atoms with Crippen molar-refractivity contribution in [2.75, 3.05) is 52.5 Å². The van der Waals surface area contributed by atoms with Gasteiger partial charge in [0, 0.05) is 55.6 Å². The normalized spacial score (nSPS) is 21.5. The van der Waals surface area contributed by atoms with Crippen molar-refractivity contribution in [2.24, 2.45) is 0 Å².